The van der Waals surface area contributed by atoms with E-state index in [0.29, 0.717) is 0 Å². The third kappa shape index (κ3) is 2.46. The maximum absolute atomic E-state index is 12.1. The fourth-order valence-corrected chi connectivity index (χ4v) is 2.74. The number of carbonyl (C=O) groups excluding carboxylic acids is 1. The molecule has 0 bridgehead atoms. The van der Waals surface area contributed by atoms with Gasteiger partial charge in [0.15, 0.2) is 10.7 Å². The molecule has 1 fully saturated rings. The number of amides is 1. The van der Waals surface area contributed by atoms with Gasteiger partial charge >= 0.3 is 5.97 Å². The SMILES string of the molecule is CC1CCCCN1C(=O)c1nc(C(=O)O)cs1. The fourth-order valence-electron chi connectivity index (χ4n) is 1.99. The van der Waals surface area contributed by atoms with E-state index >= 15 is 0 Å². The van der Waals surface area contributed by atoms with Crippen molar-refractivity contribution in [2.75, 3.05) is 6.54 Å². The van der Waals surface area contributed by atoms with Gasteiger partial charge in [-0.25, -0.2) is 9.78 Å². The van der Waals surface area contributed by atoms with Gasteiger partial charge in [-0.2, -0.15) is 0 Å². The first-order chi connectivity index (χ1) is 8.09. The van der Waals surface area contributed by atoms with E-state index < -0.39 is 5.97 Å². The molecule has 6 heteroatoms. The van der Waals surface area contributed by atoms with E-state index in [2.05, 4.69) is 4.98 Å². The molecule has 1 amide bonds. The van der Waals surface area contributed by atoms with Crippen molar-refractivity contribution < 1.29 is 14.7 Å². The molecule has 92 valence electrons. The monoisotopic (exact) mass is 254 g/mol. The van der Waals surface area contributed by atoms with Crippen LogP contribution in [0.15, 0.2) is 5.38 Å². The summed E-state index contributed by atoms with van der Waals surface area (Å²) in [6.07, 6.45) is 3.15. The topological polar surface area (TPSA) is 70.5 Å². The van der Waals surface area contributed by atoms with Crippen LogP contribution >= 0.6 is 11.3 Å². The van der Waals surface area contributed by atoms with E-state index in [4.69, 9.17) is 5.11 Å². The number of hydrogen-bond acceptors (Lipinski definition) is 4. The van der Waals surface area contributed by atoms with Crippen LogP contribution in [0.5, 0.6) is 0 Å². The minimum atomic E-state index is -1.09. The first-order valence-electron chi connectivity index (χ1n) is 5.59. The summed E-state index contributed by atoms with van der Waals surface area (Å²) < 4.78 is 0. The summed E-state index contributed by atoms with van der Waals surface area (Å²) in [4.78, 5) is 28.5. The average Bonchev–Trinajstić information content (AvgIpc) is 2.78. The zero-order valence-electron chi connectivity index (χ0n) is 9.55. The van der Waals surface area contributed by atoms with E-state index in [1.54, 1.807) is 4.90 Å². The second-order valence-corrected chi connectivity index (χ2v) is 5.04. The lowest BCUT2D eigenvalue weighted by atomic mass is 10.0. The number of likely N-dealkylation sites (tertiary alicyclic amines) is 1. The molecule has 0 saturated carbocycles. The van der Waals surface area contributed by atoms with Gasteiger partial charge in [0.25, 0.3) is 5.91 Å². The van der Waals surface area contributed by atoms with Gasteiger partial charge in [-0.3, -0.25) is 4.79 Å². The predicted molar refractivity (Wildman–Crippen MR) is 63.4 cm³/mol. The lowest BCUT2D eigenvalue weighted by Crippen LogP contribution is -2.42. The Labute approximate surface area is 103 Å². The van der Waals surface area contributed by atoms with Crippen LogP contribution in [0.2, 0.25) is 0 Å². The summed E-state index contributed by atoms with van der Waals surface area (Å²) in [5, 5.41) is 10.4. The summed E-state index contributed by atoms with van der Waals surface area (Å²) in [6, 6.07) is 0.216. The normalized spacial score (nSPS) is 20.3. The number of carboxylic acid groups (broad SMARTS) is 1. The zero-order chi connectivity index (χ0) is 12.4. The van der Waals surface area contributed by atoms with Crippen molar-refractivity contribution in [1.29, 1.82) is 0 Å². The van der Waals surface area contributed by atoms with Crippen LogP contribution in [0.25, 0.3) is 0 Å². The van der Waals surface area contributed by atoms with Crippen LogP contribution in [0.4, 0.5) is 0 Å². The summed E-state index contributed by atoms with van der Waals surface area (Å²) in [5.74, 6) is -1.23. The number of aromatic carboxylic acids is 1. The Morgan fingerprint density at radius 2 is 2.29 bits per heavy atom. The molecule has 0 spiro atoms. The molecular formula is C11H14N2O3S. The van der Waals surface area contributed by atoms with Crippen molar-refractivity contribution in [1.82, 2.24) is 9.88 Å². The molecule has 1 aliphatic rings. The highest BCUT2D eigenvalue weighted by atomic mass is 32.1. The Hall–Kier alpha value is -1.43. The summed E-state index contributed by atoms with van der Waals surface area (Å²) in [7, 11) is 0. The van der Waals surface area contributed by atoms with Gasteiger partial charge in [-0.15, -0.1) is 11.3 Å². The molecule has 0 radical (unpaired) electrons. The molecule has 5 nitrogen and oxygen atoms in total. The van der Waals surface area contributed by atoms with Gasteiger partial charge in [-0.1, -0.05) is 0 Å². The fraction of sp³-hybridized carbons (Fsp3) is 0.545. The molecule has 1 N–H and O–H groups in total. The van der Waals surface area contributed by atoms with Gasteiger partial charge < -0.3 is 10.0 Å². The second-order valence-electron chi connectivity index (χ2n) is 4.19. The molecule has 17 heavy (non-hydrogen) atoms. The number of nitrogens with zero attached hydrogens (tertiary/aromatic N) is 2. The Kier molecular flexibility index (Phi) is 3.42. The summed E-state index contributed by atoms with van der Waals surface area (Å²) in [5.41, 5.74) is -0.0528. The molecule has 2 rings (SSSR count). The Bertz CT molecular complexity index is 444. The van der Waals surface area contributed by atoms with E-state index in [-0.39, 0.29) is 22.7 Å². The van der Waals surface area contributed by atoms with Crippen molar-refractivity contribution in [3.05, 3.63) is 16.1 Å². The quantitative estimate of drug-likeness (QED) is 0.874. The molecule has 1 unspecified atom stereocenters. The molecular weight excluding hydrogens is 240 g/mol. The number of rotatable bonds is 2. The second kappa shape index (κ2) is 4.83. The van der Waals surface area contributed by atoms with Crippen LogP contribution in [0.1, 0.15) is 46.5 Å². The zero-order valence-corrected chi connectivity index (χ0v) is 10.4. The number of aromatic nitrogens is 1. The average molecular weight is 254 g/mol. The van der Waals surface area contributed by atoms with E-state index in [1.807, 2.05) is 6.92 Å². The molecule has 0 aliphatic carbocycles. The maximum atomic E-state index is 12.1. The van der Waals surface area contributed by atoms with E-state index in [1.165, 1.54) is 5.38 Å². The van der Waals surface area contributed by atoms with Crippen LogP contribution in [0, 0.1) is 0 Å². The molecule has 2 heterocycles. The molecule has 1 atom stereocenters. The predicted octanol–water partition coefficient (Wildman–Crippen LogP) is 1.86. The third-order valence-corrected chi connectivity index (χ3v) is 3.80. The molecule has 0 aromatic carbocycles. The smallest absolute Gasteiger partial charge is 0.355 e. The highest BCUT2D eigenvalue weighted by Crippen LogP contribution is 2.20. The van der Waals surface area contributed by atoms with Gasteiger partial charge in [0, 0.05) is 18.0 Å². The van der Waals surface area contributed by atoms with Crippen molar-refractivity contribution in [3.8, 4) is 0 Å². The first kappa shape index (κ1) is 12.0. The van der Waals surface area contributed by atoms with Gasteiger partial charge in [-0.05, 0) is 26.2 Å². The Balaban J connectivity index is 2.15. The van der Waals surface area contributed by atoms with Crippen LogP contribution in [-0.4, -0.2) is 39.5 Å². The summed E-state index contributed by atoms with van der Waals surface area (Å²) >= 11 is 1.10. The number of hydrogen-bond donors (Lipinski definition) is 1. The van der Waals surface area contributed by atoms with Crippen molar-refractivity contribution in [2.45, 2.75) is 32.2 Å². The van der Waals surface area contributed by atoms with Gasteiger partial charge in [0.1, 0.15) is 0 Å². The third-order valence-electron chi connectivity index (χ3n) is 2.97. The van der Waals surface area contributed by atoms with Gasteiger partial charge in [0.2, 0.25) is 0 Å². The largest absolute Gasteiger partial charge is 0.476 e. The highest BCUT2D eigenvalue weighted by molar-refractivity contribution is 7.11. The van der Waals surface area contributed by atoms with Crippen LogP contribution in [-0.2, 0) is 0 Å². The summed E-state index contributed by atoms with van der Waals surface area (Å²) in [6.45, 7) is 2.75. The number of thiazole rings is 1. The minimum Gasteiger partial charge on any atom is -0.476 e. The van der Waals surface area contributed by atoms with Crippen molar-refractivity contribution >= 4 is 23.2 Å². The maximum Gasteiger partial charge on any atom is 0.355 e. The minimum absolute atomic E-state index is 0.0528. The Morgan fingerprint density at radius 1 is 1.53 bits per heavy atom. The van der Waals surface area contributed by atoms with Crippen molar-refractivity contribution in [2.24, 2.45) is 0 Å². The molecule has 1 aliphatic heterocycles. The lowest BCUT2D eigenvalue weighted by molar-refractivity contribution is 0.0635. The number of piperidine rings is 1. The lowest BCUT2D eigenvalue weighted by Gasteiger charge is -2.32. The van der Waals surface area contributed by atoms with Crippen LogP contribution < -0.4 is 0 Å². The number of carboxylic acids is 1. The number of carbonyl (C=O) groups is 2. The van der Waals surface area contributed by atoms with Crippen LogP contribution in [0.3, 0.4) is 0 Å². The van der Waals surface area contributed by atoms with Crippen molar-refractivity contribution in [3.63, 3.8) is 0 Å². The molecule has 1 saturated heterocycles. The van der Waals surface area contributed by atoms with E-state index in [0.717, 1.165) is 37.1 Å². The first-order valence-corrected chi connectivity index (χ1v) is 6.47. The van der Waals surface area contributed by atoms with Gasteiger partial charge in [0.05, 0.1) is 0 Å². The Morgan fingerprint density at radius 3 is 2.88 bits per heavy atom. The molecule has 1 aromatic rings. The van der Waals surface area contributed by atoms with E-state index in [9.17, 15) is 9.59 Å². The standard InChI is InChI=1S/C11H14N2O3S/c1-7-4-2-3-5-13(7)10(14)9-12-8(6-17-9)11(15)16/h6-7H,2-5H2,1H3,(H,15,16). The molecule has 1 aromatic heterocycles. The highest BCUT2D eigenvalue weighted by Gasteiger charge is 2.26.